The Morgan fingerprint density at radius 3 is 3.00 bits per heavy atom. The van der Waals surface area contributed by atoms with Crippen LogP contribution in [0.2, 0.25) is 0 Å². The highest BCUT2D eigenvalue weighted by Crippen LogP contribution is 2.25. The molecule has 1 aromatic heterocycles. The molecule has 2 nitrogen and oxygen atoms in total. The van der Waals surface area contributed by atoms with Gasteiger partial charge in [0.15, 0.2) is 0 Å². The van der Waals surface area contributed by atoms with Gasteiger partial charge in [-0.15, -0.1) is 11.3 Å². The average molecular weight is 266 g/mol. The maximum Gasteiger partial charge on any atom is 0.145 e. The van der Waals surface area contributed by atoms with Crippen molar-refractivity contribution >= 4 is 17.6 Å². The summed E-state index contributed by atoms with van der Waals surface area (Å²) in [6.07, 6.45) is 6.54. The summed E-state index contributed by atoms with van der Waals surface area (Å²) in [6, 6.07) is 4.22. The van der Waals surface area contributed by atoms with Gasteiger partial charge in [0.2, 0.25) is 0 Å². The molecule has 0 fully saturated rings. The minimum atomic E-state index is -0.291. The molecule has 2 atom stereocenters. The summed E-state index contributed by atoms with van der Waals surface area (Å²) in [5, 5.41) is 10.2. The van der Waals surface area contributed by atoms with Gasteiger partial charge < -0.3 is 5.11 Å². The first-order valence-corrected chi connectivity index (χ1v) is 7.86. The zero-order valence-electron chi connectivity index (χ0n) is 11.4. The predicted molar refractivity (Wildman–Crippen MR) is 77.7 cm³/mol. The molecule has 100 valence electrons. The Balaban J connectivity index is 1.86. The Kier molecular flexibility index (Phi) is 4.95. The molecule has 0 saturated carbocycles. The van der Waals surface area contributed by atoms with Crippen LogP contribution in [0.5, 0.6) is 0 Å². The second-order valence-electron chi connectivity index (χ2n) is 5.27. The number of thiophene rings is 1. The Morgan fingerprint density at radius 1 is 1.50 bits per heavy atom. The van der Waals surface area contributed by atoms with Crippen LogP contribution in [-0.2, 0) is 6.42 Å². The van der Waals surface area contributed by atoms with Gasteiger partial charge in [0.1, 0.15) is 19.3 Å². The Bertz CT molecular complexity index is 410. The molecule has 1 aliphatic rings. The lowest BCUT2D eigenvalue weighted by molar-refractivity contribution is -0.532. The van der Waals surface area contributed by atoms with Crippen LogP contribution in [0.3, 0.4) is 0 Å². The van der Waals surface area contributed by atoms with E-state index in [1.54, 1.807) is 11.3 Å². The fourth-order valence-corrected chi connectivity index (χ4v) is 3.48. The van der Waals surface area contributed by atoms with Crippen molar-refractivity contribution in [3.8, 4) is 0 Å². The highest BCUT2D eigenvalue weighted by atomic mass is 32.1. The summed E-state index contributed by atoms with van der Waals surface area (Å²) < 4.78 is 2.38. The minimum Gasteiger partial charge on any atom is -0.387 e. The first-order chi connectivity index (χ1) is 8.69. The van der Waals surface area contributed by atoms with Gasteiger partial charge in [0.05, 0.1) is 6.10 Å². The van der Waals surface area contributed by atoms with Crippen molar-refractivity contribution < 1.29 is 9.68 Å². The molecule has 2 heterocycles. The highest BCUT2D eigenvalue weighted by molar-refractivity contribution is 7.12. The molecule has 3 heteroatoms. The van der Waals surface area contributed by atoms with Crippen molar-refractivity contribution in [3.63, 3.8) is 0 Å². The van der Waals surface area contributed by atoms with Crippen molar-refractivity contribution in [2.45, 2.75) is 45.6 Å². The molecular weight excluding hydrogens is 242 g/mol. The first-order valence-electron chi connectivity index (χ1n) is 7.04. The van der Waals surface area contributed by atoms with Crippen molar-refractivity contribution in [3.05, 3.63) is 21.9 Å². The topological polar surface area (TPSA) is 23.2 Å². The Morgan fingerprint density at radius 2 is 2.33 bits per heavy atom. The predicted octanol–water partition coefficient (Wildman–Crippen LogP) is 3.25. The summed E-state index contributed by atoms with van der Waals surface area (Å²) >= 11 is 1.75. The summed E-state index contributed by atoms with van der Waals surface area (Å²) in [5.41, 5.74) is 0. The summed E-state index contributed by atoms with van der Waals surface area (Å²) in [5.74, 6) is 0.698. The summed E-state index contributed by atoms with van der Waals surface area (Å²) in [6.45, 7) is 6.56. The molecule has 0 spiro atoms. The summed E-state index contributed by atoms with van der Waals surface area (Å²) in [7, 11) is 0. The number of aliphatic hydroxyl groups excluding tert-OH is 1. The molecule has 0 radical (unpaired) electrons. The lowest BCUT2D eigenvalue weighted by Gasteiger charge is -2.14. The molecule has 18 heavy (non-hydrogen) atoms. The van der Waals surface area contributed by atoms with Gasteiger partial charge in [0.25, 0.3) is 0 Å². The van der Waals surface area contributed by atoms with Crippen molar-refractivity contribution in [2.75, 3.05) is 13.1 Å². The van der Waals surface area contributed by atoms with Crippen LogP contribution in [0, 0.1) is 5.92 Å². The zero-order valence-corrected chi connectivity index (χ0v) is 12.2. The lowest BCUT2D eigenvalue weighted by Crippen LogP contribution is -2.25. The molecule has 1 aliphatic heterocycles. The first kappa shape index (κ1) is 13.8. The van der Waals surface area contributed by atoms with Gasteiger partial charge >= 0.3 is 0 Å². The largest absolute Gasteiger partial charge is 0.387 e. The maximum absolute atomic E-state index is 10.2. The highest BCUT2D eigenvalue weighted by Gasteiger charge is 2.18. The third-order valence-corrected chi connectivity index (χ3v) is 4.95. The number of nitrogens with zero attached hydrogens (tertiary/aromatic N) is 1. The molecule has 0 bridgehead atoms. The second-order valence-corrected chi connectivity index (χ2v) is 6.47. The molecule has 0 saturated heterocycles. The van der Waals surface area contributed by atoms with E-state index in [0.717, 1.165) is 30.8 Å². The fourth-order valence-electron chi connectivity index (χ4n) is 2.51. The molecule has 2 rings (SSSR count). The lowest BCUT2D eigenvalue weighted by atomic mass is 10.0. The van der Waals surface area contributed by atoms with E-state index in [-0.39, 0.29) is 6.10 Å². The number of hydrogen-bond donors (Lipinski definition) is 1. The third kappa shape index (κ3) is 3.66. The van der Waals surface area contributed by atoms with Crippen LogP contribution in [0.25, 0.3) is 0 Å². The summed E-state index contributed by atoms with van der Waals surface area (Å²) in [4.78, 5) is 2.49. The Labute approximate surface area is 114 Å². The van der Waals surface area contributed by atoms with Crippen LogP contribution in [0.15, 0.2) is 12.1 Å². The van der Waals surface area contributed by atoms with Crippen molar-refractivity contribution in [1.82, 2.24) is 0 Å². The van der Waals surface area contributed by atoms with E-state index in [1.807, 2.05) is 0 Å². The quantitative estimate of drug-likeness (QED) is 0.812. The monoisotopic (exact) mass is 266 g/mol. The molecule has 2 unspecified atom stereocenters. The molecule has 0 amide bonds. The van der Waals surface area contributed by atoms with Crippen LogP contribution in [-0.4, -0.2) is 29.0 Å². The number of aryl methyl sites for hydroxylation is 1. The van der Waals surface area contributed by atoms with E-state index < -0.39 is 0 Å². The van der Waals surface area contributed by atoms with Gasteiger partial charge in [-0.05, 0) is 25.0 Å². The van der Waals surface area contributed by atoms with Gasteiger partial charge in [-0.1, -0.05) is 13.8 Å². The molecule has 1 N–H and O–H groups in total. The maximum atomic E-state index is 10.2. The van der Waals surface area contributed by atoms with Crippen LogP contribution >= 0.6 is 11.3 Å². The van der Waals surface area contributed by atoms with Gasteiger partial charge in [-0.25, -0.2) is 4.58 Å². The van der Waals surface area contributed by atoms with E-state index in [4.69, 9.17) is 0 Å². The molecule has 0 aromatic carbocycles. The zero-order chi connectivity index (χ0) is 13.0. The smallest absolute Gasteiger partial charge is 0.145 e. The number of hydrogen-bond acceptors (Lipinski definition) is 2. The Hall–Kier alpha value is -0.670. The molecular formula is C15H24NOS+. The second kappa shape index (κ2) is 6.48. The van der Waals surface area contributed by atoms with Crippen molar-refractivity contribution in [1.29, 1.82) is 0 Å². The normalized spacial score (nSPS) is 21.7. The fraction of sp³-hybridized carbons (Fsp3) is 0.667. The average Bonchev–Trinajstić information content (AvgIpc) is 2.85. The SMILES string of the molecule is CCc1ccc(C(O)CC[N+]2=CC(C)CCC2)s1. The van der Waals surface area contributed by atoms with E-state index in [1.165, 1.54) is 17.7 Å². The third-order valence-electron chi connectivity index (χ3n) is 3.62. The molecule has 0 aliphatic carbocycles. The van der Waals surface area contributed by atoms with E-state index >= 15 is 0 Å². The van der Waals surface area contributed by atoms with E-state index in [2.05, 4.69) is 36.8 Å². The van der Waals surface area contributed by atoms with E-state index in [0.29, 0.717) is 5.92 Å². The van der Waals surface area contributed by atoms with Crippen LogP contribution in [0.1, 0.15) is 49.0 Å². The van der Waals surface area contributed by atoms with Gasteiger partial charge in [-0.3, -0.25) is 0 Å². The minimum absolute atomic E-state index is 0.291. The standard InChI is InChI=1S/C15H24NOS/c1-3-13-6-7-15(18-13)14(17)8-10-16-9-4-5-12(2)11-16/h6-7,11-12,14,17H,3-5,8-10H2,1-2H3/q+1. The van der Waals surface area contributed by atoms with Crippen molar-refractivity contribution in [2.24, 2.45) is 5.92 Å². The van der Waals surface area contributed by atoms with E-state index in [9.17, 15) is 5.11 Å². The molecule has 1 aromatic rings. The van der Waals surface area contributed by atoms with Crippen LogP contribution in [0.4, 0.5) is 0 Å². The number of rotatable bonds is 5. The van der Waals surface area contributed by atoms with Gasteiger partial charge in [-0.2, -0.15) is 0 Å². The van der Waals surface area contributed by atoms with Gasteiger partial charge in [0, 0.05) is 28.5 Å². The number of aliphatic hydroxyl groups is 1. The van der Waals surface area contributed by atoms with Crippen LogP contribution < -0.4 is 0 Å².